The lowest BCUT2D eigenvalue weighted by Gasteiger charge is -2.11. The first-order valence-corrected chi connectivity index (χ1v) is 9.09. The molecule has 0 N–H and O–H groups in total. The minimum absolute atomic E-state index is 0.0651. The number of benzene rings is 2. The van der Waals surface area contributed by atoms with E-state index in [1.54, 1.807) is 4.68 Å². The molecule has 0 aliphatic carbocycles. The smallest absolute Gasteiger partial charge is 0.214 e. The molecule has 1 atom stereocenters. The van der Waals surface area contributed by atoms with E-state index in [1.807, 2.05) is 49.4 Å². The molecular formula is C19H20N4OS. The Labute approximate surface area is 151 Å². The molecule has 2 aromatic carbocycles. The van der Waals surface area contributed by atoms with E-state index in [0.717, 1.165) is 5.69 Å². The van der Waals surface area contributed by atoms with Crippen molar-refractivity contribution in [3.63, 3.8) is 0 Å². The van der Waals surface area contributed by atoms with Crippen LogP contribution < -0.4 is 0 Å². The maximum atomic E-state index is 12.5. The molecule has 25 heavy (non-hydrogen) atoms. The van der Waals surface area contributed by atoms with Crippen LogP contribution in [-0.2, 0) is 0 Å². The number of tetrazole rings is 1. The van der Waals surface area contributed by atoms with E-state index in [0.29, 0.717) is 16.6 Å². The van der Waals surface area contributed by atoms with Crippen LogP contribution in [0.1, 0.15) is 42.6 Å². The van der Waals surface area contributed by atoms with Crippen LogP contribution in [0.5, 0.6) is 0 Å². The zero-order chi connectivity index (χ0) is 17.8. The van der Waals surface area contributed by atoms with E-state index in [-0.39, 0.29) is 11.0 Å². The molecule has 0 aliphatic heterocycles. The van der Waals surface area contributed by atoms with Gasteiger partial charge in [-0.05, 0) is 41.0 Å². The second-order valence-electron chi connectivity index (χ2n) is 6.11. The monoisotopic (exact) mass is 352 g/mol. The summed E-state index contributed by atoms with van der Waals surface area (Å²) < 4.78 is 1.67. The van der Waals surface area contributed by atoms with Gasteiger partial charge in [-0.25, -0.2) is 0 Å². The van der Waals surface area contributed by atoms with Gasteiger partial charge in [-0.1, -0.05) is 68.1 Å². The Morgan fingerprint density at radius 3 is 2.32 bits per heavy atom. The topological polar surface area (TPSA) is 60.7 Å². The number of hydrogen-bond donors (Lipinski definition) is 0. The molecule has 1 heterocycles. The average Bonchev–Trinajstić information content (AvgIpc) is 3.10. The summed E-state index contributed by atoms with van der Waals surface area (Å²) in [6.07, 6.45) is 0. The number of carbonyl (C=O) groups is 1. The van der Waals surface area contributed by atoms with Crippen molar-refractivity contribution in [2.24, 2.45) is 0 Å². The van der Waals surface area contributed by atoms with E-state index < -0.39 is 0 Å². The molecule has 6 heteroatoms. The number of hydrogen-bond acceptors (Lipinski definition) is 5. The standard InChI is InChI=1S/C19H20N4OS/c1-13(2)15-9-11-17(12-10-15)23-19(20-21-22-23)25-14(3)18(24)16-7-5-4-6-8-16/h4-14H,1-3H3. The summed E-state index contributed by atoms with van der Waals surface area (Å²) in [5.41, 5.74) is 2.85. The Balaban J connectivity index is 1.78. The maximum Gasteiger partial charge on any atom is 0.214 e. The summed E-state index contributed by atoms with van der Waals surface area (Å²) in [5, 5.41) is 12.3. The molecule has 0 spiro atoms. The minimum Gasteiger partial charge on any atom is -0.293 e. The van der Waals surface area contributed by atoms with Crippen molar-refractivity contribution in [1.29, 1.82) is 0 Å². The number of carbonyl (C=O) groups excluding carboxylic acids is 1. The maximum absolute atomic E-state index is 12.5. The van der Waals surface area contributed by atoms with Gasteiger partial charge in [-0.3, -0.25) is 4.79 Å². The predicted octanol–water partition coefficient (Wildman–Crippen LogP) is 4.15. The van der Waals surface area contributed by atoms with Crippen LogP contribution in [0.25, 0.3) is 5.69 Å². The van der Waals surface area contributed by atoms with Crippen LogP contribution >= 0.6 is 11.8 Å². The summed E-state index contributed by atoms with van der Waals surface area (Å²) >= 11 is 1.36. The van der Waals surface area contributed by atoms with Gasteiger partial charge in [0.15, 0.2) is 5.78 Å². The first-order valence-electron chi connectivity index (χ1n) is 8.21. The van der Waals surface area contributed by atoms with Gasteiger partial charge in [-0.15, -0.1) is 5.10 Å². The molecule has 128 valence electrons. The Morgan fingerprint density at radius 2 is 1.68 bits per heavy atom. The van der Waals surface area contributed by atoms with Crippen LogP contribution in [0.3, 0.4) is 0 Å². The van der Waals surface area contributed by atoms with Gasteiger partial charge in [0.05, 0.1) is 10.9 Å². The van der Waals surface area contributed by atoms with E-state index in [1.165, 1.54) is 17.3 Å². The molecule has 3 rings (SSSR count). The van der Waals surface area contributed by atoms with E-state index in [2.05, 4.69) is 41.5 Å². The SMILES string of the molecule is CC(Sc1nnnn1-c1ccc(C(C)C)cc1)C(=O)c1ccccc1. The highest BCUT2D eigenvalue weighted by molar-refractivity contribution is 8.00. The van der Waals surface area contributed by atoms with Crippen molar-refractivity contribution in [1.82, 2.24) is 20.2 Å². The lowest BCUT2D eigenvalue weighted by Crippen LogP contribution is -2.14. The summed E-state index contributed by atoms with van der Waals surface area (Å²) in [6, 6.07) is 17.4. The molecule has 0 amide bonds. The van der Waals surface area contributed by atoms with Gasteiger partial charge in [0, 0.05) is 5.56 Å². The normalized spacial score (nSPS) is 12.3. The Kier molecular flexibility index (Phi) is 5.28. The quantitative estimate of drug-likeness (QED) is 0.493. The van der Waals surface area contributed by atoms with Gasteiger partial charge < -0.3 is 0 Å². The Hall–Kier alpha value is -2.47. The van der Waals surface area contributed by atoms with Gasteiger partial charge >= 0.3 is 0 Å². The fourth-order valence-electron chi connectivity index (χ4n) is 2.46. The first kappa shape index (κ1) is 17.4. The van der Waals surface area contributed by atoms with E-state index in [4.69, 9.17) is 0 Å². The number of ketones is 1. The number of Topliss-reactive ketones (excluding diaryl/α,β-unsaturated/α-hetero) is 1. The molecular weight excluding hydrogens is 332 g/mol. The molecule has 1 aromatic heterocycles. The van der Waals surface area contributed by atoms with Crippen molar-refractivity contribution >= 4 is 17.5 Å². The fraction of sp³-hybridized carbons (Fsp3) is 0.263. The predicted molar refractivity (Wildman–Crippen MR) is 99.3 cm³/mol. The van der Waals surface area contributed by atoms with E-state index in [9.17, 15) is 4.79 Å². The van der Waals surface area contributed by atoms with Crippen LogP contribution in [0, 0.1) is 0 Å². The number of nitrogens with zero attached hydrogens (tertiary/aromatic N) is 4. The van der Waals surface area contributed by atoms with Gasteiger partial charge in [0.2, 0.25) is 5.16 Å². The minimum atomic E-state index is -0.276. The lowest BCUT2D eigenvalue weighted by atomic mass is 10.0. The van der Waals surface area contributed by atoms with Crippen molar-refractivity contribution in [3.8, 4) is 5.69 Å². The third-order valence-electron chi connectivity index (χ3n) is 3.95. The summed E-state index contributed by atoms with van der Waals surface area (Å²) in [4.78, 5) is 12.5. The van der Waals surface area contributed by atoms with Crippen molar-refractivity contribution in [2.45, 2.75) is 37.1 Å². The second-order valence-corrected chi connectivity index (χ2v) is 7.42. The molecule has 0 saturated carbocycles. The zero-order valence-electron chi connectivity index (χ0n) is 14.5. The third kappa shape index (κ3) is 3.96. The molecule has 3 aromatic rings. The highest BCUT2D eigenvalue weighted by Crippen LogP contribution is 2.26. The van der Waals surface area contributed by atoms with Crippen molar-refractivity contribution in [3.05, 3.63) is 65.7 Å². The Morgan fingerprint density at radius 1 is 1.00 bits per heavy atom. The number of aromatic nitrogens is 4. The molecule has 0 radical (unpaired) electrons. The van der Waals surface area contributed by atoms with Gasteiger partial charge in [0.1, 0.15) is 0 Å². The van der Waals surface area contributed by atoms with Crippen LogP contribution in [0.4, 0.5) is 0 Å². The Bertz CT molecular complexity index is 843. The highest BCUT2D eigenvalue weighted by atomic mass is 32.2. The molecule has 5 nitrogen and oxygen atoms in total. The zero-order valence-corrected chi connectivity index (χ0v) is 15.3. The molecule has 0 fully saturated rings. The fourth-order valence-corrected chi connectivity index (χ4v) is 3.35. The third-order valence-corrected chi connectivity index (χ3v) is 4.99. The number of rotatable bonds is 6. The van der Waals surface area contributed by atoms with Crippen molar-refractivity contribution < 1.29 is 4.79 Å². The molecule has 1 unspecified atom stereocenters. The summed E-state index contributed by atoms with van der Waals surface area (Å²) in [7, 11) is 0. The first-order chi connectivity index (χ1) is 12.1. The van der Waals surface area contributed by atoms with Gasteiger partial charge in [-0.2, -0.15) is 4.68 Å². The second kappa shape index (κ2) is 7.61. The van der Waals surface area contributed by atoms with Crippen LogP contribution in [-0.4, -0.2) is 31.2 Å². The summed E-state index contributed by atoms with van der Waals surface area (Å²) in [5.74, 6) is 0.538. The lowest BCUT2D eigenvalue weighted by molar-refractivity contribution is 0.0994. The molecule has 0 bridgehead atoms. The molecule has 0 saturated heterocycles. The highest BCUT2D eigenvalue weighted by Gasteiger charge is 2.20. The van der Waals surface area contributed by atoms with Gasteiger partial charge in [0.25, 0.3) is 0 Å². The average molecular weight is 352 g/mol. The molecule has 0 aliphatic rings. The van der Waals surface area contributed by atoms with E-state index >= 15 is 0 Å². The largest absolute Gasteiger partial charge is 0.293 e. The van der Waals surface area contributed by atoms with Crippen molar-refractivity contribution in [2.75, 3.05) is 0 Å². The van der Waals surface area contributed by atoms with Crippen LogP contribution in [0.15, 0.2) is 59.8 Å². The number of thioether (sulfide) groups is 1. The summed E-state index contributed by atoms with van der Waals surface area (Å²) in [6.45, 7) is 6.19. The van der Waals surface area contributed by atoms with Crippen LogP contribution in [0.2, 0.25) is 0 Å².